The number of rotatable bonds is 4. The van der Waals surface area contributed by atoms with Crippen molar-refractivity contribution in [1.82, 2.24) is 9.55 Å². The van der Waals surface area contributed by atoms with E-state index in [2.05, 4.69) is 21.7 Å². The van der Waals surface area contributed by atoms with Gasteiger partial charge < -0.3 is 9.67 Å². The van der Waals surface area contributed by atoms with E-state index in [1.165, 1.54) is 11.8 Å². The number of allylic oxidation sites excluding steroid dienone is 2. The number of aromatic nitrogens is 2. The van der Waals surface area contributed by atoms with Gasteiger partial charge in [0.15, 0.2) is 5.16 Å². The number of aliphatic carboxylic acids is 1. The molecule has 0 saturated heterocycles. The number of thioether (sulfide) groups is 1. The molecule has 6 heteroatoms. The molecule has 1 aliphatic carbocycles. The third-order valence-corrected chi connectivity index (χ3v) is 4.46. The van der Waals surface area contributed by atoms with Gasteiger partial charge in [-0.2, -0.15) is 0 Å². The summed E-state index contributed by atoms with van der Waals surface area (Å²) >= 11 is 7.33. The van der Waals surface area contributed by atoms with E-state index < -0.39 is 5.97 Å². The molecule has 2 aromatic rings. The molecular weight excluding hydrogens is 296 g/mol. The minimum atomic E-state index is -0.837. The zero-order valence-electron chi connectivity index (χ0n) is 10.6. The highest BCUT2D eigenvalue weighted by Gasteiger charge is 2.21. The molecule has 0 bridgehead atoms. The topological polar surface area (TPSA) is 55.1 Å². The Balaban J connectivity index is 2.07. The molecule has 0 saturated carbocycles. The first kappa shape index (κ1) is 13.5. The van der Waals surface area contributed by atoms with Gasteiger partial charge in [0.2, 0.25) is 0 Å². The van der Waals surface area contributed by atoms with Crippen molar-refractivity contribution in [3.05, 3.63) is 35.4 Å². The van der Waals surface area contributed by atoms with Crippen LogP contribution in [0.3, 0.4) is 0 Å². The van der Waals surface area contributed by atoms with Crippen molar-refractivity contribution in [3.63, 3.8) is 0 Å². The minimum Gasteiger partial charge on any atom is -0.481 e. The Morgan fingerprint density at radius 1 is 1.45 bits per heavy atom. The molecular formula is C14H13ClN2O2S. The van der Waals surface area contributed by atoms with Crippen LogP contribution < -0.4 is 0 Å². The molecule has 0 amide bonds. The van der Waals surface area contributed by atoms with E-state index in [0.717, 1.165) is 29.0 Å². The summed E-state index contributed by atoms with van der Waals surface area (Å²) in [6, 6.07) is 5.88. The maximum absolute atomic E-state index is 10.8. The fourth-order valence-corrected chi connectivity index (χ4v) is 3.41. The van der Waals surface area contributed by atoms with E-state index in [1.807, 2.05) is 12.1 Å². The number of hydrogen-bond donors (Lipinski definition) is 1. The van der Waals surface area contributed by atoms with Crippen LogP contribution in [0, 0.1) is 0 Å². The van der Waals surface area contributed by atoms with Crippen molar-refractivity contribution in [2.24, 2.45) is 0 Å². The largest absolute Gasteiger partial charge is 0.481 e. The Bertz CT molecular complexity index is 688. The average Bonchev–Trinajstić information content (AvgIpc) is 3.02. The Morgan fingerprint density at radius 2 is 2.20 bits per heavy atom. The van der Waals surface area contributed by atoms with Crippen LogP contribution in [0.4, 0.5) is 0 Å². The maximum atomic E-state index is 10.8. The molecule has 0 atom stereocenters. The number of halogens is 1. The highest BCUT2D eigenvalue weighted by Crippen LogP contribution is 2.34. The highest BCUT2D eigenvalue weighted by atomic mass is 35.5. The molecule has 1 aromatic heterocycles. The number of carbonyl (C=O) groups is 1. The number of hydrogen-bond acceptors (Lipinski definition) is 3. The second-order valence-electron chi connectivity index (χ2n) is 4.68. The van der Waals surface area contributed by atoms with Gasteiger partial charge in [-0.3, -0.25) is 4.79 Å². The molecule has 0 spiro atoms. The average molecular weight is 309 g/mol. The first-order valence-electron chi connectivity index (χ1n) is 6.32. The van der Waals surface area contributed by atoms with Crippen molar-refractivity contribution in [3.8, 4) is 0 Å². The Hall–Kier alpha value is -1.46. The normalized spacial score (nSPS) is 15.2. The monoisotopic (exact) mass is 308 g/mol. The Morgan fingerprint density at radius 3 is 2.90 bits per heavy atom. The zero-order chi connectivity index (χ0) is 14.1. The molecule has 104 valence electrons. The number of carboxylic acid groups (broad SMARTS) is 1. The predicted octanol–water partition coefficient (Wildman–Crippen LogP) is 3.76. The summed E-state index contributed by atoms with van der Waals surface area (Å²) in [6.07, 6.45) is 6.18. The number of benzene rings is 1. The van der Waals surface area contributed by atoms with Crippen LogP contribution in [0.25, 0.3) is 11.0 Å². The van der Waals surface area contributed by atoms with E-state index in [1.54, 1.807) is 6.07 Å². The molecule has 1 aromatic carbocycles. The van der Waals surface area contributed by atoms with Gasteiger partial charge in [-0.25, -0.2) is 4.98 Å². The number of imidazole rings is 1. The molecule has 4 nitrogen and oxygen atoms in total. The van der Waals surface area contributed by atoms with Crippen LogP contribution in [0.1, 0.15) is 18.9 Å². The number of carboxylic acids is 1. The molecule has 1 aliphatic rings. The van der Waals surface area contributed by atoms with Gasteiger partial charge in [-0.15, -0.1) is 0 Å². The maximum Gasteiger partial charge on any atom is 0.313 e. The Kier molecular flexibility index (Phi) is 3.72. The van der Waals surface area contributed by atoms with E-state index in [-0.39, 0.29) is 5.75 Å². The second kappa shape index (κ2) is 5.50. The van der Waals surface area contributed by atoms with Crippen LogP contribution in [0.2, 0.25) is 5.02 Å². The zero-order valence-corrected chi connectivity index (χ0v) is 12.2. The van der Waals surface area contributed by atoms with Crippen molar-refractivity contribution in [2.75, 3.05) is 5.75 Å². The smallest absolute Gasteiger partial charge is 0.313 e. The summed E-state index contributed by atoms with van der Waals surface area (Å²) in [5, 5.41) is 10.3. The summed E-state index contributed by atoms with van der Waals surface area (Å²) in [7, 11) is 0. The van der Waals surface area contributed by atoms with E-state index in [9.17, 15) is 4.79 Å². The lowest BCUT2D eigenvalue weighted by atomic mass is 10.2. The van der Waals surface area contributed by atoms with Gasteiger partial charge in [-0.1, -0.05) is 35.5 Å². The molecule has 0 radical (unpaired) electrons. The molecule has 0 aliphatic heterocycles. The molecule has 20 heavy (non-hydrogen) atoms. The van der Waals surface area contributed by atoms with Crippen LogP contribution in [-0.2, 0) is 4.79 Å². The first-order chi connectivity index (χ1) is 9.65. The molecule has 1 heterocycles. The molecule has 1 N–H and O–H groups in total. The van der Waals surface area contributed by atoms with E-state index >= 15 is 0 Å². The van der Waals surface area contributed by atoms with Crippen LogP contribution in [-0.4, -0.2) is 26.4 Å². The van der Waals surface area contributed by atoms with Crippen LogP contribution in [0.15, 0.2) is 35.5 Å². The lowest BCUT2D eigenvalue weighted by Gasteiger charge is -2.15. The van der Waals surface area contributed by atoms with Crippen molar-refractivity contribution < 1.29 is 9.90 Å². The third-order valence-electron chi connectivity index (χ3n) is 3.29. The standard InChI is InChI=1S/C14H13ClN2O2S/c15-9-5-6-11-12(7-9)17(10-3-1-2-4-10)14(16-11)20-8-13(18)19/h1-2,5-7,10H,3-4,8H2,(H,18,19). The Labute approximate surface area is 125 Å². The van der Waals surface area contributed by atoms with Gasteiger partial charge in [0, 0.05) is 11.1 Å². The highest BCUT2D eigenvalue weighted by molar-refractivity contribution is 7.99. The second-order valence-corrected chi connectivity index (χ2v) is 6.06. The summed E-state index contributed by atoms with van der Waals surface area (Å²) in [5.41, 5.74) is 1.83. The molecule has 0 fully saturated rings. The SMILES string of the molecule is O=C(O)CSc1nc2ccc(Cl)cc2n1C1CC=CC1. The quantitative estimate of drug-likeness (QED) is 0.690. The summed E-state index contributed by atoms with van der Waals surface area (Å²) in [4.78, 5) is 15.3. The summed E-state index contributed by atoms with van der Waals surface area (Å²) < 4.78 is 2.12. The third kappa shape index (κ3) is 2.55. The molecule has 0 unspecified atom stereocenters. The van der Waals surface area contributed by atoms with Gasteiger partial charge >= 0.3 is 5.97 Å². The number of fused-ring (bicyclic) bond motifs is 1. The van der Waals surface area contributed by atoms with Crippen LogP contribution >= 0.6 is 23.4 Å². The lowest BCUT2D eigenvalue weighted by Crippen LogP contribution is -2.08. The van der Waals surface area contributed by atoms with Crippen molar-refractivity contribution in [1.29, 1.82) is 0 Å². The van der Waals surface area contributed by atoms with Crippen molar-refractivity contribution >= 4 is 40.4 Å². The molecule has 3 rings (SSSR count). The van der Waals surface area contributed by atoms with Gasteiger partial charge in [0.1, 0.15) is 0 Å². The van der Waals surface area contributed by atoms with Crippen molar-refractivity contribution in [2.45, 2.75) is 24.0 Å². The van der Waals surface area contributed by atoms with Gasteiger partial charge in [-0.05, 0) is 31.0 Å². The summed E-state index contributed by atoms with van der Waals surface area (Å²) in [6.45, 7) is 0. The number of nitrogens with zero attached hydrogens (tertiary/aromatic N) is 2. The van der Waals surface area contributed by atoms with E-state index in [4.69, 9.17) is 16.7 Å². The van der Waals surface area contributed by atoms with E-state index in [0.29, 0.717) is 11.1 Å². The van der Waals surface area contributed by atoms with Gasteiger partial charge in [0.25, 0.3) is 0 Å². The van der Waals surface area contributed by atoms with Gasteiger partial charge in [0.05, 0.1) is 16.8 Å². The fraction of sp³-hybridized carbons (Fsp3) is 0.286. The van der Waals surface area contributed by atoms with Crippen LogP contribution in [0.5, 0.6) is 0 Å². The minimum absolute atomic E-state index is 0.0111. The summed E-state index contributed by atoms with van der Waals surface area (Å²) in [5.74, 6) is -0.826. The predicted molar refractivity (Wildman–Crippen MR) is 80.5 cm³/mol. The fourth-order valence-electron chi connectivity index (χ4n) is 2.44. The lowest BCUT2D eigenvalue weighted by molar-refractivity contribution is -0.133. The first-order valence-corrected chi connectivity index (χ1v) is 7.68.